The molecule has 6 heteroatoms. The van der Waals surface area contributed by atoms with E-state index in [9.17, 15) is 9.18 Å². The van der Waals surface area contributed by atoms with E-state index in [0.717, 1.165) is 52.8 Å². The quantitative estimate of drug-likeness (QED) is 0.415. The van der Waals surface area contributed by atoms with E-state index in [1.54, 1.807) is 12.4 Å². The highest BCUT2D eigenvalue weighted by molar-refractivity contribution is 5.84. The van der Waals surface area contributed by atoms with Gasteiger partial charge in [0.25, 0.3) is 0 Å². The molecule has 0 N–H and O–H groups in total. The summed E-state index contributed by atoms with van der Waals surface area (Å²) in [6.45, 7) is 1.95. The van der Waals surface area contributed by atoms with Crippen LogP contribution in [-0.2, 0) is 11.2 Å². The largest absolute Gasteiger partial charge is 0.299 e. The summed E-state index contributed by atoms with van der Waals surface area (Å²) < 4.78 is 15.1. The predicted octanol–water partition coefficient (Wildman–Crippen LogP) is 5.35. The Hall–Kier alpha value is -3.41. The van der Waals surface area contributed by atoms with Gasteiger partial charge in [-0.15, -0.1) is 0 Å². The molecule has 0 saturated heterocycles. The summed E-state index contributed by atoms with van der Waals surface area (Å²) in [4.78, 5) is 21.7. The summed E-state index contributed by atoms with van der Waals surface area (Å²) in [5, 5.41) is 5.46. The summed E-state index contributed by atoms with van der Waals surface area (Å²) in [6.07, 6.45) is 9.43. The maximum Gasteiger partial charge on any atom is 0.139 e. The first-order valence-electron chi connectivity index (χ1n) is 11.1. The normalized spacial score (nSPS) is 18.3. The molecule has 5 rings (SSSR count). The molecule has 1 saturated carbocycles. The summed E-state index contributed by atoms with van der Waals surface area (Å²) in [7, 11) is 0. The molecule has 0 amide bonds. The van der Waals surface area contributed by atoms with Gasteiger partial charge in [0.15, 0.2) is 0 Å². The minimum Gasteiger partial charge on any atom is -0.299 e. The second-order valence-corrected chi connectivity index (χ2v) is 8.71. The van der Waals surface area contributed by atoms with Crippen LogP contribution in [0.15, 0.2) is 61.1 Å². The van der Waals surface area contributed by atoms with Gasteiger partial charge in [-0.1, -0.05) is 18.6 Å². The maximum atomic E-state index is 13.3. The summed E-state index contributed by atoms with van der Waals surface area (Å²) in [5.41, 5.74) is 4.67. The van der Waals surface area contributed by atoms with Crippen LogP contribution in [0.5, 0.6) is 0 Å². The van der Waals surface area contributed by atoms with Gasteiger partial charge < -0.3 is 0 Å². The Kier molecular flexibility index (Phi) is 5.52. The monoisotopic (exact) mass is 428 g/mol. The topological polar surface area (TPSA) is 60.7 Å². The van der Waals surface area contributed by atoms with Crippen LogP contribution in [-0.4, -0.2) is 25.5 Å². The van der Waals surface area contributed by atoms with Crippen LogP contribution in [0, 0.1) is 18.7 Å². The van der Waals surface area contributed by atoms with Crippen LogP contribution >= 0.6 is 0 Å². The fraction of sp³-hybridized carbons (Fsp3) is 0.308. The lowest BCUT2D eigenvalue weighted by Gasteiger charge is -2.19. The molecule has 1 aliphatic carbocycles. The van der Waals surface area contributed by atoms with Crippen molar-refractivity contribution in [1.29, 1.82) is 0 Å². The van der Waals surface area contributed by atoms with Gasteiger partial charge in [0.2, 0.25) is 0 Å². The number of carbonyl (C=O) groups excluding carboxylic acids is 1. The highest BCUT2D eigenvalue weighted by Gasteiger charge is 2.30. The first kappa shape index (κ1) is 20.5. The number of aryl methyl sites for hydroxylation is 1. The number of aromatic nitrogens is 4. The molecule has 32 heavy (non-hydrogen) atoms. The van der Waals surface area contributed by atoms with E-state index < -0.39 is 0 Å². The molecule has 0 radical (unpaired) electrons. The zero-order valence-corrected chi connectivity index (χ0v) is 18.0. The van der Waals surface area contributed by atoms with Gasteiger partial charge in [0.05, 0.1) is 23.6 Å². The number of halogens is 1. The Balaban J connectivity index is 1.29. The highest BCUT2D eigenvalue weighted by atomic mass is 19.1. The third-order valence-electron chi connectivity index (χ3n) is 6.46. The molecular weight excluding hydrogens is 403 g/mol. The van der Waals surface area contributed by atoms with Crippen LogP contribution in [0.25, 0.3) is 16.6 Å². The van der Waals surface area contributed by atoms with E-state index in [1.807, 2.05) is 48.1 Å². The van der Waals surface area contributed by atoms with Crippen LogP contribution in [0.3, 0.4) is 0 Å². The highest BCUT2D eigenvalue weighted by Crippen LogP contribution is 2.41. The fourth-order valence-corrected chi connectivity index (χ4v) is 4.93. The van der Waals surface area contributed by atoms with Crippen molar-refractivity contribution in [2.45, 2.75) is 44.9 Å². The van der Waals surface area contributed by atoms with Gasteiger partial charge in [-0.25, -0.2) is 9.07 Å². The molecular formula is C26H25FN4O. The number of pyridine rings is 2. The average Bonchev–Trinajstić information content (AvgIpc) is 3.41. The average molecular weight is 429 g/mol. The third-order valence-corrected chi connectivity index (χ3v) is 6.46. The van der Waals surface area contributed by atoms with Gasteiger partial charge in [-0.2, -0.15) is 5.10 Å². The molecule has 5 nitrogen and oxygen atoms in total. The third kappa shape index (κ3) is 4.17. The maximum absolute atomic E-state index is 13.3. The van der Waals surface area contributed by atoms with Crippen molar-refractivity contribution in [1.82, 2.24) is 19.7 Å². The van der Waals surface area contributed by atoms with Crippen LogP contribution in [0.1, 0.15) is 48.6 Å². The molecule has 1 fully saturated rings. The van der Waals surface area contributed by atoms with Gasteiger partial charge in [0, 0.05) is 35.8 Å². The molecule has 162 valence electrons. The number of hydrogen-bond donors (Lipinski definition) is 0. The van der Waals surface area contributed by atoms with E-state index in [4.69, 9.17) is 0 Å². The zero-order chi connectivity index (χ0) is 22.1. The zero-order valence-electron chi connectivity index (χ0n) is 18.0. The SMILES string of the molecule is Cc1cc(-n2ncc3cc(CC(=O)C[C@H]4CCC[C@H]4c4ccc(F)cc4)ncc32)ccn1. The molecule has 0 spiro atoms. The van der Waals surface area contributed by atoms with Gasteiger partial charge >= 0.3 is 0 Å². The molecule has 0 aliphatic heterocycles. The first-order chi connectivity index (χ1) is 15.6. The van der Waals surface area contributed by atoms with Crippen molar-refractivity contribution >= 4 is 16.7 Å². The Bertz CT molecular complexity index is 1260. The molecule has 3 aromatic heterocycles. The lowest BCUT2D eigenvalue weighted by Crippen LogP contribution is -2.14. The van der Waals surface area contributed by atoms with E-state index in [1.165, 1.54) is 12.1 Å². The molecule has 1 aromatic carbocycles. The number of Topliss-reactive ketones (excluding diaryl/α,β-unsaturated/α-hetero) is 1. The fourth-order valence-electron chi connectivity index (χ4n) is 4.93. The lowest BCUT2D eigenvalue weighted by molar-refractivity contribution is -0.119. The Morgan fingerprint density at radius 3 is 2.75 bits per heavy atom. The smallest absolute Gasteiger partial charge is 0.139 e. The van der Waals surface area contributed by atoms with E-state index in [-0.39, 0.29) is 11.6 Å². The number of ketones is 1. The van der Waals surface area contributed by atoms with Crippen molar-refractivity contribution in [3.05, 3.63) is 83.8 Å². The lowest BCUT2D eigenvalue weighted by atomic mass is 9.85. The Morgan fingerprint density at radius 2 is 1.94 bits per heavy atom. The van der Waals surface area contributed by atoms with Crippen molar-refractivity contribution in [2.75, 3.05) is 0 Å². The van der Waals surface area contributed by atoms with Crippen molar-refractivity contribution in [2.24, 2.45) is 5.92 Å². The van der Waals surface area contributed by atoms with Crippen LogP contribution in [0.4, 0.5) is 4.39 Å². The van der Waals surface area contributed by atoms with Gasteiger partial charge in [-0.3, -0.25) is 14.8 Å². The number of benzene rings is 1. The second-order valence-electron chi connectivity index (χ2n) is 8.71. The number of carbonyl (C=O) groups is 1. The Morgan fingerprint density at radius 1 is 1.09 bits per heavy atom. The molecule has 4 aromatic rings. The summed E-state index contributed by atoms with van der Waals surface area (Å²) >= 11 is 0. The minimum absolute atomic E-state index is 0.202. The molecule has 2 atom stereocenters. The van der Waals surface area contributed by atoms with Gasteiger partial charge in [-0.05, 0) is 67.5 Å². The van der Waals surface area contributed by atoms with Crippen molar-refractivity contribution in [3.63, 3.8) is 0 Å². The number of nitrogens with zero attached hydrogens (tertiary/aromatic N) is 4. The number of rotatable bonds is 6. The molecule has 0 unspecified atom stereocenters. The number of fused-ring (bicyclic) bond motifs is 1. The van der Waals surface area contributed by atoms with Crippen LogP contribution < -0.4 is 0 Å². The standard InChI is InChI=1S/C26H25FN4O/c1-17-11-23(9-10-28-17)31-26-16-29-22(12-20(26)15-30-31)14-24(32)13-19-3-2-4-25(19)18-5-7-21(27)8-6-18/h5-12,15-16,19,25H,2-4,13-14H2,1H3/t19-,25+/m1/s1. The van der Waals surface area contributed by atoms with Crippen molar-refractivity contribution < 1.29 is 9.18 Å². The van der Waals surface area contributed by atoms with Crippen molar-refractivity contribution in [3.8, 4) is 5.69 Å². The van der Waals surface area contributed by atoms with E-state index >= 15 is 0 Å². The van der Waals surface area contributed by atoms with E-state index in [0.29, 0.717) is 24.7 Å². The van der Waals surface area contributed by atoms with Gasteiger partial charge in [0.1, 0.15) is 11.6 Å². The predicted molar refractivity (Wildman–Crippen MR) is 121 cm³/mol. The Labute approximate surface area is 186 Å². The summed E-state index contributed by atoms with van der Waals surface area (Å²) in [6, 6.07) is 12.6. The first-order valence-corrected chi connectivity index (χ1v) is 11.1. The molecule has 0 bridgehead atoms. The van der Waals surface area contributed by atoms with E-state index in [2.05, 4.69) is 15.1 Å². The second kappa shape index (κ2) is 8.61. The molecule has 1 aliphatic rings. The summed E-state index contributed by atoms with van der Waals surface area (Å²) in [5.74, 6) is 0.627. The molecule has 3 heterocycles. The van der Waals surface area contributed by atoms with Crippen LogP contribution in [0.2, 0.25) is 0 Å². The minimum atomic E-state index is -0.219. The number of hydrogen-bond acceptors (Lipinski definition) is 4.